The number of amides is 1. The quantitative estimate of drug-likeness (QED) is 0.857. The van der Waals surface area contributed by atoms with Gasteiger partial charge in [-0.25, -0.2) is 4.79 Å². The van der Waals surface area contributed by atoms with Crippen LogP contribution in [0.15, 0.2) is 18.2 Å². The fourth-order valence-electron chi connectivity index (χ4n) is 1.54. The van der Waals surface area contributed by atoms with Gasteiger partial charge >= 0.3 is 18.4 Å². The van der Waals surface area contributed by atoms with Crippen molar-refractivity contribution in [3.05, 3.63) is 34.9 Å². The van der Waals surface area contributed by atoms with Gasteiger partial charge in [-0.05, 0) is 30.7 Å². The lowest BCUT2D eigenvalue weighted by molar-refractivity contribution is -0.141. The standard InChI is InChI=1S/C12H11F6NO2/c1-2-21-10(20)19-6-7-5-8(11(13,14)15)3-4-9(7)12(16,17)18/h3-5H,2,6H2,1H3,(H,19,20). The number of carbonyl (C=O) groups excluding carboxylic acids is 1. The number of halogens is 6. The number of benzene rings is 1. The van der Waals surface area contributed by atoms with Gasteiger partial charge in [-0.15, -0.1) is 0 Å². The molecule has 0 aliphatic carbocycles. The van der Waals surface area contributed by atoms with Crippen LogP contribution in [0.5, 0.6) is 0 Å². The first-order chi connectivity index (χ1) is 9.55. The van der Waals surface area contributed by atoms with Gasteiger partial charge in [-0.2, -0.15) is 26.3 Å². The van der Waals surface area contributed by atoms with Gasteiger partial charge in [0.05, 0.1) is 17.7 Å². The van der Waals surface area contributed by atoms with E-state index in [-0.39, 0.29) is 6.61 Å². The van der Waals surface area contributed by atoms with Crippen molar-refractivity contribution in [1.29, 1.82) is 0 Å². The molecule has 0 aliphatic heterocycles. The van der Waals surface area contributed by atoms with Crippen molar-refractivity contribution in [2.24, 2.45) is 0 Å². The van der Waals surface area contributed by atoms with Crippen LogP contribution in [-0.4, -0.2) is 12.7 Å². The van der Waals surface area contributed by atoms with Gasteiger partial charge in [0, 0.05) is 6.54 Å². The fraction of sp³-hybridized carbons (Fsp3) is 0.417. The van der Waals surface area contributed by atoms with E-state index in [1.54, 1.807) is 0 Å². The molecule has 0 spiro atoms. The summed E-state index contributed by atoms with van der Waals surface area (Å²) in [6.45, 7) is 0.739. The van der Waals surface area contributed by atoms with Crippen LogP contribution in [0.4, 0.5) is 31.1 Å². The molecule has 0 aromatic heterocycles. The van der Waals surface area contributed by atoms with E-state index in [9.17, 15) is 31.1 Å². The molecule has 1 aromatic carbocycles. The van der Waals surface area contributed by atoms with Gasteiger partial charge in [0.1, 0.15) is 0 Å². The highest BCUT2D eigenvalue weighted by Crippen LogP contribution is 2.36. The maximum Gasteiger partial charge on any atom is 0.416 e. The second-order valence-corrected chi connectivity index (χ2v) is 3.94. The highest BCUT2D eigenvalue weighted by molar-refractivity contribution is 5.67. The van der Waals surface area contributed by atoms with Gasteiger partial charge < -0.3 is 10.1 Å². The zero-order valence-electron chi connectivity index (χ0n) is 10.7. The molecule has 0 unspecified atom stereocenters. The Balaban J connectivity index is 3.09. The van der Waals surface area contributed by atoms with E-state index in [1.807, 2.05) is 5.32 Å². The summed E-state index contributed by atoms with van der Waals surface area (Å²) < 4.78 is 80.2. The van der Waals surface area contributed by atoms with Crippen molar-refractivity contribution in [2.75, 3.05) is 6.61 Å². The first kappa shape index (κ1) is 17.1. The minimum Gasteiger partial charge on any atom is -0.450 e. The van der Waals surface area contributed by atoms with Crippen LogP contribution >= 0.6 is 0 Å². The average molecular weight is 315 g/mol. The lowest BCUT2D eigenvalue weighted by Gasteiger charge is -2.16. The number of carbonyl (C=O) groups is 1. The van der Waals surface area contributed by atoms with Crippen LogP contribution in [0, 0.1) is 0 Å². The SMILES string of the molecule is CCOC(=O)NCc1cc(C(F)(F)F)ccc1C(F)(F)F. The third-order valence-corrected chi connectivity index (χ3v) is 2.44. The number of rotatable bonds is 3. The van der Waals surface area contributed by atoms with Crippen LogP contribution in [0.2, 0.25) is 0 Å². The molecule has 0 radical (unpaired) electrons. The van der Waals surface area contributed by atoms with Crippen molar-refractivity contribution >= 4 is 6.09 Å². The number of ether oxygens (including phenoxy) is 1. The molecule has 0 saturated carbocycles. The van der Waals surface area contributed by atoms with E-state index >= 15 is 0 Å². The predicted molar refractivity (Wildman–Crippen MR) is 60.3 cm³/mol. The van der Waals surface area contributed by atoms with Crippen LogP contribution in [0.25, 0.3) is 0 Å². The molecule has 0 bridgehead atoms. The van der Waals surface area contributed by atoms with E-state index in [4.69, 9.17) is 0 Å². The summed E-state index contributed by atoms with van der Waals surface area (Å²) in [5, 5.41) is 1.96. The van der Waals surface area contributed by atoms with E-state index in [1.165, 1.54) is 6.92 Å². The van der Waals surface area contributed by atoms with Gasteiger partial charge in [0.2, 0.25) is 0 Å². The van der Waals surface area contributed by atoms with E-state index in [0.717, 1.165) is 0 Å². The van der Waals surface area contributed by atoms with Crippen molar-refractivity contribution in [1.82, 2.24) is 5.32 Å². The Kier molecular flexibility index (Phi) is 5.08. The van der Waals surface area contributed by atoms with E-state index < -0.39 is 41.7 Å². The summed E-state index contributed by atoms with van der Waals surface area (Å²) in [6, 6.07) is 1.04. The Hall–Kier alpha value is -1.93. The molecule has 1 N–H and O–H groups in total. The molecule has 3 nitrogen and oxygen atoms in total. The van der Waals surface area contributed by atoms with Crippen LogP contribution in [0.3, 0.4) is 0 Å². The van der Waals surface area contributed by atoms with Gasteiger partial charge in [0.25, 0.3) is 0 Å². The minimum absolute atomic E-state index is 0.0133. The molecule has 118 valence electrons. The van der Waals surface area contributed by atoms with E-state index in [2.05, 4.69) is 4.74 Å². The lowest BCUT2D eigenvalue weighted by Crippen LogP contribution is -2.25. The summed E-state index contributed by atoms with van der Waals surface area (Å²) in [5.41, 5.74) is -3.16. The number of hydrogen-bond donors (Lipinski definition) is 1. The zero-order valence-corrected chi connectivity index (χ0v) is 10.7. The molecular weight excluding hydrogens is 304 g/mol. The molecule has 21 heavy (non-hydrogen) atoms. The van der Waals surface area contributed by atoms with Gasteiger partial charge in [-0.3, -0.25) is 0 Å². The molecule has 1 amide bonds. The highest BCUT2D eigenvalue weighted by Gasteiger charge is 2.36. The van der Waals surface area contributed by atoms with Gasteiger partial charge in [-0.1, -0.05) is 0 Å². The van der Waals surface area contributed by atoms with Crippen LogP contribution in [-0.2, 0) is 23.6 Å². The highest BCUT2D eigenvalue weighted by atomic mass is 19.4. The number of alkyl carbamates (subject to hydrolysis) is 1. The first-order valence-electron chi connectivity index (χ1n) is 5.73. The third kappa shape index (κ3) is 4.83. The summed E-state index contributed by atoms with van der Waals surface area (Å²) in [5.74, 6) is 0. The molecule has 9 heteroatoms. The Morgan fingerprint density at radius 2 is 1.76 bits per heavy atom. The predicted octanol–water partition coefficient (Wildman–Crippen LogP) is 3.97. The van der Waals surface area contributed by atoms with Gasteiger partial charge in [0.15, 0.2) is 0 Å². The molecule has 0 heterocycles. The second-order valence-electron chi connectivity index (χ2n) is 3.94. The maximum atomic E-state index is 12.7. The van der Waals surface area contributed by atoms with Crippen LogP contribution in [0.1, 0.15) is 23.6 Å². The maximum absolute atomic E-state index is 12.7. The van der Waals surface area contributed by atoms with E-state index in [0.29, 0.717) is 18.2 Å². The molecule has 1 aromatic rings. The number of hydrogen-bond acceptors (Lipinski definition) is 2. The average Bonchev–Trinajstić information content (AvgIpc) is 2.34. The topological polar surface area (TPSA) is 38.3 Å². The van der Waals surface area contributed by atoms with Crippen molar-refractivity contribution in [3.8, 4) is 0 Å². The Morgan fingerprint density at radius 1 is 1.14 bits per heavy atom. The summed E-state index contributed by atoms with van der Waals surface area (Å²) in [4.78, 5) is 11.0. The van der Waals surface area contributed by atoms with Crippen molar-refractivity contribution in [2.45, 2.75) is 25.8 Å². The molecule has 0 atom stereocenters. The minimum atomic E-state index is -4.82. The fourth-order valence-corrected chi connectivity index (χ4v) is 1.54. The normalized spacial score (nSPS) is 12.1. The third-order valence-electron chi connectivity index (χ3n) is 2.44. The number of alkyl halides is 6. The summed E-state index contributed by atoms with van der Waals surface area (Å²) in [7, 11) is 0. The molecule has 0 saturated heterocycles. The van der Waals surface area contributed by atoms with Crippen molar-refractivity contribution in [3.63, 3.8) is 0 Å². The summed E-state index contributed by atoms with van der Waals surface area (Å²) >= 11 is 0. The Labute approximate surface area is 115 Å². The monoisotopic (exact) mass is 315 g/mol. The molecule has 1 rings (SSSR count). The molecule has 0 fully saturated rings. The second kappa shape index (κ2) is 6.23. The smallest absolute Gasteiger partial charge is 0.416 e. The molecular formula is C12H11F6NO2. The first-order valence-corrected chi connectivity index (χ1v) is 5.73. The number of nitrogens with one attached hydrogen (secondary N) is 1. The largest absolute Gasteiger partial charge is 0.450 e. The zero-order chi connectivity index (χ0) is 16.3. The summed E-state index contributed by atoms with van der Waals surface area (Å²) in [6.07, 6.45) is -10.6. The lowest BCUT2D eigenvalue weighted by atomic mass is 10.0. The van der Waals surface area contributed by atoms with Crippen LogP contribution < -0.4 is 5.32 Å². The Bertz CT molecular complexity index is 509. The Morgan fingerprint density at radius 3 is 2.24 bits per heavy atom. The molecule has 0 aliphatic rings. The van der Waals surface area contributed by atoms with Crippen molar-refractivity contribution < 1.29 is 35.9 Å².